The quantitative estimate of drug-likeness (QED) is 0.748. The van der Waals surface area contributed by atoms with Crippen molar-refractivity contribution in [2.24, 2.45) is 0 Å². The zero-order valence-corrected chi connectivity index (χ0v) is 12.5. The van der Waals surface area contributed by atoms with Crippen molar-refractivity contribution >= 4 is 16.9 Å². The number of carbonyl (C=O) groups is 1. The van der Waals surface area contributed by atoms with Crippen LogP contribution in [0.2, 0.25) is 0 Å². The molecule has 7 heteroatoms. The molecule has 3 rings (SSSR count). The zero-order valence-electron chi connectivity index (χ0n) is 12.5. The first-order valence-corrected chi connectivity index (χ1v) is 7.21. The Morgan fingerprint density at radius 2 is 2.17 bits per heavy atom. The van der Waals surface area contributed by atoms with Crippen molar-refractivity contribution < 1.29 is 14.4 Å². The van der Waals surface area contributed by atoms with Crippen LogP contribution >= 0.6 is 0 Å². The molecule has 7 nitrogen and oxygen atoms in total. The molecule has 0 saturated heterocycles. The molecule has 2 heterocycles. The SMILES string of the molecule is Cc1ccc2[nH]c(=O)c(-c3noc(CCCC(=O)O)n3)cc2c1. The topological polar surface area (TPSA) is 109 Å². The summed E-state index contributed by atoms with van der Waals surface area (Å²) in [5.41, 5.74) is 1.86. The van der Waals surface area contributed by atoms with Crippen molar-refractivity contribution in [2.75, 3.05) is 0 Å². The van der Waals surface area contributed by atoms with Gasteiger partial charge in [0.1, 0.15) is 0 Å². The molecular weight excluding hydrogens is 298 g/mol. The van der Waals surface area contributed by atoms with Crippen molar-refractivity contribution in [3.8, 4) is 11.4 Å². The molecule has 1 aromatic carbocycles. The molecule has 0 aliphatic rings. The van der Waals surface area contributed by atoms with E-state index >= 15 is 0 Å². The fourth-order valence-corrected chi connectivity index (χ4v) is 2.35. The number of aromatic nitrogens is 3. The second-order valence-electron chi connectivity index (χ2n) is 5.36. The van der Waals surface area contributed by atoms with Crippen LogP contribution in [0.4, 0.5) is 0 Å². The van der Waals surface area contributed by atoms with Gasteiger partial charge in [0, 0.05) is 18.4 Å². The molecule has 2 aromatic heterocycles. The van der Waals surface area contributed by atoms with Crippen LogP contribution in [0, 0.1) is 6.92 Å². The third-order valence-corrected chi connectivity index (χ3v) is 3.49. The second-order valence-corrected chi connectivity index (χ2v) is 5.36. The summed E-state index contributed by atoms with van der Waals surface area (Å²) in [7, 11) is 0. The van der Waals surface area contributed by atoms with Crippen molar-refractivity contribution in [2.45, 2.75) is 26.2 Å². The summed E-state index contributed by atoms with van der Waals surface area (Å²) >= 11 is 0. The van der Waals surface area contributed by atoms with E-state index in [4.69, 9.17) is 9.63 Å². The molecule has 0 unspecified atom stereocenters. The molecule has 118 valence electrons. The Balaban J connectivity index is 1.91. The van der Waals surface area contributed by atoms with E-state index in [1.54, 1.807) is 6.07 Å². The minimum absolute atomic E-state index is 0.0353. The molecule has 0 bridgehead atoms. The molecule has 0 saturated carbocycles. The van der Waals surface area contributed by atoms with E-state index in [0.29, 0.717) is 24.3 Å². The number of aryl methyl sites for hydroxylation is 2. The highest BCUT2D eigenvalue weighted by Crippen LogP contribution is 2.18. The van der Waals surface area contributed by atoms with Crippen LogP contribution in [0.5, 0.6) is 0 Å². The van der Waals surface area contributed by atoms with Crippen molar-refractivity contribution in [1.29, 1.82) is 0 Å². The van der Waals surface area contributed by atoms with Gasteiger partial charge in [-0.25, -0.2) is 0 Å². The van der Waals surface area contributed by atoms with Crippen molar-refractivity contribution in [1.82, 2.24) is 15.1 Å². The average Bonchev–Trinajstić information content (AvgIpc) is 2.95. The molecule has 0 radical (unpaired) electrons. The number of fused-ring (bicyclic) bond motifs is 1. The zero-order chi connectivity index (χ0) is 16.4. The number of aromatic amines is 1. The first-order valence-electron chi connectivity index (χ1n) is 7.21. The smallest absolute Gasteiger partial charge is 0.303 e. The molecule has 0 aliphatic heterocycles. The number of hydrogen-bond donors (Lipinski definition) is 2. The summed E-state index contributed by atoms with van der Waals surface area (Å²) in [6.07, 6.45) is 0.807. The lowest BCUT2D eigenvalue weighted by Crippen LogP contribution is -2.09. The molecule has 2 N–H and O–H groups in total. The van der Waals surface area contributed by atoms with Gasteiger partial charge in [0.2, 0.25) is 11.7 Å². The summed E-state index contributed by atoms with van der Waals surface area (Å²) < 4.78 is 5.08. The largest absolute Gasteiger partial charge is 0.481 e. The fourth-order valence-electron chi connectivity index (χ4n) is 2.35. The summed E-state index contributed by atoms with van der Waals surface area (Å²) in [5, 5.41) is 13.3. The first-order chi connectivity index (χ1) is 11.0. The van der Waals surface area contributed by atoms with Gasteiger partial charge in [-0.2, -0.15) is 4.98 Å². The van der Waals surface area contributed by atoms with E-state index < -0.39 is 5.97 Å². The van der Waals surface area contributed by atoms with Gasteiger partial charge in [0.05, 0.1) is 5.56 Å². The Kier molecular flexibility index (Phi) is 3.92. The summed E-state index contributed by atoms with van der Waals surface area (Å²) in [5.74, 6) is -0.337. The van der Waals surface area contributed by atoms with Crippen molar-refractivity contribution in [3.05, 3.63) is 46.1 Å². The molecule has 0 amide bonds. The number of benzene rings is 1. The third kappa shape index (κ3) is 3.28. The highest BCUT2D eigenvalue weighted by Gasteiger charge is 2.13. The lowest BCUT2D eigenvalue weighted by molar-refractivity contribution is -0.137. The van der Waals surface area contributed by atoms with Gasteiger partial charge < -0.3 is 14.6 Å². The number of rotatable bonds is 5. The molecule has 0 aliphatic carbocycles. The Morgan fingerprint density at radius 3 is 2.96 bits per heavy atom. The predicted molar refractivity (Wildman–Crippen MR) is 83.2 cm³/mol. The Hall–Kier alpha value is -2.96. The maximum absolute atomic E-state index is 12.2. The Morgan fingerprint density at radius 1 is 1.35 bits per heavy atom. The number of carboxylic acids is 1. The van der Waals surface area contributed by atoms with Gasteiger partial charge in [-0.05, 0) is 36.9 Å². The summed E-state index contributed by atoms with van der Waals surface area (Å²) in [6, 6.07) is 7.46. The van der Waals surface area contributed by atoms with E-state index in [1.807, 2.05) is 25.1 Å². The number of aliphatic carboxylic acids is 1. The van der Waals surface area contributed by atoms with Gasteiger partial charge in [-0.1, -0.05) is 16.8 Å². The van der Waals surface area contributed by atoms with Crippen LogP contribution in [0.1, 0.15) is 24.3 Å². The van der Waals surface area contributed by atoms with Crippen LogP contribution in [0.25, 0.3) is 22.3 Å². The van der Waals surface area contributed by atoms with Gasteiger partial charge in [0.25, 0.3) is 5.56 Å². The maximum Gasteiger partial charge on any atom is 0.303 e. The number of nitrogens with one attached hydrogen (secondary N) is 1. The summed E-state index contributed by atoms with van der Waals surface area (Å²) in [6.45, 7) is 1.97. The van der Waals surface area contributed by atoms with E-state index in [1.165, 1.54) is 0 Å². The van der Waals surface area contributed by atoms with Crippen LogP contribution in [0.3, 0.4) is 0 Å². The summed E-state index contributed by atoms with van der Waals surface area (Å²) in [4.78, 5) is 29.7. The van der Waals surface area contributed by atoms with Crippen LogP contribution in [-0.2, 0) is 11.2 Å². The van der Waals surface area contributed by atoms with Gasteiger partial charge in [0.15, 0.2) is 0 Å². The molecule has 0 fully saturated rings. The molecule has 0 atom stereocenters. The Labute approximate surface area is 131 Å². The standard InChI is InChI=1S/C16H15N3O4/c1-9-5-6-12-10(7-9)8-11(16(22)17-12)15-18-13(23-19-15)3-2-4-14(20)21/h5-8H,2-4H2,1H3,(H,17,22)(H,20,21). The number of carboxylic acid groups (broad SMARTS) is 1. The maximum atomic E-state index is 12.2. The normalized spacial score (nSPS) is 11.0. The minimum atomic E-state index is -0.869. The molecule has 3 aromatic rings. The van der Waals surface area contributed by atoms with Gasteiger partial charge >= 0.3 is 5.97 Å². The van der Waals surface area contributed by atoms with Crippen molar-refractivity contribution in [3.63, 3.8) is 0 Å². The van der Waals surface area contributed by atoms with Gasteiger partial charge in [-0.3, -0.25) is 9.59 Å². The minimum Gasteiger partial charge on any atom is -0.481 e. The highest BCUT2D eigenvalue weighted by atomic mass is 16.5. The second kappa shape index (κ2) is 6.04. The van der Waals surface area contributed by atoms with Crippen LogP contribution in [0.15, 0.2) is 33.6 Å². The third-order valence-electron chi connectivity index (χ3n) is 3.49. The van der Waals surface area contributed by atoms with E-state index in [0.717, 1.165) is 16.5 Å². The fraction of sp³-hybridized carbons (Fsp3) is 0.250. The number of pyridine rings is 1. The molecule has 0 spiro atoms. The van der Waals surface area contributed by atoms with Gasteiger partial charge in [-0.15, -0.1) is 0 Å². The van der Waals surface area contributed by atoms with E-state index in [2.05, 4.69) is 15.1 Å². The number of hydrogen-bond acceptors (Lipinski definition) is 5. The monoisotopic (exact) mass is 313 g/mol. The Bertz CT molecular complexity index is 926. The number of H-pyrrole nitrogens is 1. The lowest BCUT2D eigenvalue weighted by Gasteiger charge is -2.01. The lowest BCUT2D eigenvalue weighted by atomic mass is 10.1. The first kappa shape index (κ1) is 15.0. The van der Waals surface area contributed by atoms with E-state index in [9.17, 15) is 9.59 Å². The highest BCUT2D eigenvalue weighted by molar-refractivity contribution is 5.82. The van der Waals surface area contributed by atoms with Crippen LogP contribution in [-0.4, -0.2) is 26.2 Å². The number of nitrogens with zero attached hydrogens (tertiary/aromatic N) is 2. The molecule has 23 heavy (non-hydrogen) atoms. The predicted octanol–water partition coefficient (Wildman–Crippen LogP) is 2.29. The molecular formula is C16H15N3O4. The average molecular weight is 313 g/mol. The van der Waals surface area contributed by atoms with Crippen LogP contribution < -0.4 is 5.56 Å². The van der Waals surface area contributed by atoms with E-state index in [-0.39, 0.29) is 17.8 Å².